The van der Waals surface area contributed by atoms with E-state index in [0.29, 0.717) is 4.90 Å². The molecule has 1 atom stereocenters. The molecule has 0 bridgehead atoms. The maximum atomic E-state index is 11.9. The van der Waals surface area contributed by atoms with Crippen LogP contribution in [0.5, 0.6) is 0 Å². The number of sulfonamides is 1. The first-order valence-corrected chi connectivity index (χ1v) is 6.55. The van der Waals surface area contributed by atoms with E-state index in [1.165, 1.54) is 0 Å². The molecule has 2 aliphatic rings. The summed E-state index contributed by atoms with van der Waals surface area (Å²) in [7, 11) is -3.29. The van der Waals surface area contributed by atoms with Gasteiger partial charge in [-0.3, -0.25) is 0 Å². The first-order valence-electron chi connectivity index (χ1n) is 5.06. The van der Waals surface area contributed by atoms with E-state index in [1.807, 2.05) is 12.1 Å². The van der Waals surface area contributed by atoms with Crippen molar-refractivity contribution in [3.05, 3.63) is 24.3 Å². The molecule has 0 saturated carbocycles. The molecule has 0 spiro atoms. The Hall–Kier alpha value is -0.720. The summed E-state index contributed by atoms with van der Waals surface area (Å²) in [5.41, 5.74) is 0.846. The number of hydrogen-bond acceptors (Lipinski definition) is 3. The average Bonchev–Trinajstić information content (AvgIpc) is 2.65. The van der Waals surface area contributed by atoms with E-state index in [-0.39, 0.29) is 19.7 Å². The summed E-state index contributed by atoms with van der Waals surface area (Å²) in [4.78, 5) is 2.54. The van der Waals surface area contributed by atoms with Crippen molar-refractivity contribution in [3.8, 4) is 0 Å². The highest BCUT2D eigenvalue weighted by atomic mass is 32.2. The van der Waals surface area contributed by atoms with Gasteiger partial charge in [-0.1, -0.05) is 12.1 Å². The Morgan fingerprint density at radius 3 is 2.88 bits per heavy atom. The number of anilines is 1. The van der Waals surface area contributed by atoms with Gasteiger partial charge in [0.15, 0.2) is 0 Å². The maximum absolute atomic E-state index is 11.9. The summed E-state index contributed by atoms with van der Waals surface area (Å²) in [5.74, 6) is 0. The van der Waals surface area contributed by atoms with Gasteiger partial charge in [0.25, 0.3) is 0 Å². The zero-order chi connectivity index (χ0) is 10.5. The second kappa shape index (κ2) is 3.94. The Morgan fingerprint density at radius 2 is 2.06 bits per heavy atom. The summed E-state index contributed by atoms with van der Waals surface area (Å²) in [6, 6.07) is 7.18. The van der Waals surface area contributed by atoms with Crippen molar-refractivity contribution in [2.75, 3.05) is 11.4 Å². The molecule has 1 saturated heterocycles. The fourth-order valence-electron chi connectivity index (χ4n) is 2.34. The molecular weight excluding hydrogens is 244 g/mol. The third-order valence-corrected chi connectivity index (χ3v) is 4.51. The number of benzene rings is 1. The van der Waals surface area contributed by atoms with Crippen LogP contribution in [0.4, 0.5) is 5.69 Å². The van der Waals surface area contributed by atoms with Crippen LogP contribution < -0.4 is 9.62 Å². The Morgan fingerprint density at radius 1 is 1.31 bits per heavy atom. The number of nitrogens with zero attached hydrogens (tertiary/aromatic N) is 1. The van der Waals surface area contributed by atoms with Crippen LogP contribution in [0, 0.1) is 0 Å². The SMILES string of the molecule is O=S1(=O)N[C@H]2CCCN2c2ccccc21.S. The van der Waals surface area contributed by atoms with Gasteiger partial charge >= 0.3 is 0 Å². The van der Waals surface area contributed by atoms with E-state index in [0.717, 1.165) is 25.1 Å². The maximum Gasteiger partial charge on any atom is 0.244 e. The standard InChI is InChI=1S/C10H12N2O2S.H2S/c13-15(14)9-5-2-1-4-8(9)12-7-3-6-10(12)11-15;/h1-2,4-5,10-11H,3,6-7H2;1H2/t10-;/m1./s1. The van der Waals surface area contributed by atoms with E-state index < -0.39 is 10.0 Å². The van der Waals surface area contributed by atoms with Gasteiger partial charge in [0.2, 0.25) is 10.0 Å². The van der Waals surface area contributed by atoms with Crippen molar-refractivity contribution in [1.29, 1.82) is 0 Å². The highest BCUT2D eigenvalue weighted by Crippen LogP contribution is 2.34. The topological polar surface area (TPSA) is 49.4 Å². The predicted octanol–water partition coefficient (Wildman–Crippen LogP) is 1.02. The Bertz CT molecular complexity index is 501. The van der Waals surface area contributed by atoms with Gasteiger partial charge in [-0.15, -0.1) is 0 Å². The predicted molar refractivity (Wildman–Crippen MR) is 67.5 cm³/mol. The molecule has 0 aromatic heterocycles. The number of hydrogen-bond donors (Lipinski definition) is 1. The van der Waals surface area contributed by atoms with E-state index in [9.17, 15) is 8.42 Å². The summed E-state index contributed by atoms with van der Waals surface area (Å²) in [6.07, 6.45) is 1.90. The van der Waals surface area contributed by atoms with Gasteiger partial charge in [-0.25, -0.2) is 8.42 Å². The molecule has 1 N–H and O–H groups in total. The minimum absolute atomic E-state index is 0. The van der Waals surface area contributed by atoms with Crippen LogP contribution >= 0.6 is 13.5 Å². The van der Waals surface area contributed by atoms with E-state index in [2.05, 4.69) is 9.62 Å². The lowest BCUT2D eigenvalue weighted by atomic mass is 10.3. The van der Waals surface area contributed by atoms with Crippen molar-refractivity contribution < 1.29 is 8.42 Å². The van der Waals surface area contributed by atoms with Crippen molar-refractivity contribution >= 4 is 29.2 Å². The van der Waals surface area contributed by atoms with Crippen molar-refractivity contribution in [1.82, 2.24) is 4.72 Å². The lowest BCUT2D eigenvalue weighted by molar-refractivity contribution is 0.540. The zero-order valence-electron chi connectivity index (χ0n) is 8.68. The molecule has 1 fully saturated rings. The van der Waals surface area contributed by atoms with Crippen LogP contribution in [-0.4, -0.2) is 21.1 Å². The summed E-state index contributed by atoms with van der Waals surface area (Å²) in [6.45, 7) is 0.935. The number of rotatable bonds is 0. The molecular formula is C10H14N2O2S2. The number of para-hydroxylation sites is 1. The molecule has 16 heavy (non-hydrogen) atoms. The van der Waals surface area contributed by atoms with Gasteiger partial charge in [0.05, 0.1) is 11.9 Å². The lowest BCUT2D eigenvalue weighted by Crippen LogP contribution is -2.48. The Kier molecular flexibility index (Phi) is 2.90. The fraction of sp³-hybridized carbons (Fsp3) is 0.400. The largest absolute Gasteiger partial charge is 0.354 e. The quantitative estimate of drug-likeness (QED) is 0.756. The molecule has 3 rings (SSSR count). The van der Waals surface area contributed by atoms with E-state index in [1.54, 1.807) is 12.1 Å². The van der Waals surface area contributed by atoms with Crippen molar-refractivity contribution in [2.45, 2.75) is 23.9 Å². The van der Waals surface area contributed by atoms with E-state index in [4.69, 9.17) is 0 Å². The van der Waals surface area contributed by atoms with Gasteiger partial charge < -0.3 is 4.90 Å². The molecule has 2 aliphatic heterocycles. The van der Waals surface area contributed by atoms with Crippen LogP contribution in [0.1, 0.15) is 12.8 Å². The monoisotopic (exact) mass is 258 g/mol. The summed E-state index contributed by atoms with van der Waals surface area (Å²) >= 11 is 0. The third kappa shape index (κ3) is 1.61. The third-order valence-electron chi connectivity index (χ3n) is 3.01. The zero-order valence-corrected chi connectivity index (χ0v) is 10.5. The fourth-order valence-corrected chi connectivity index (χ4v) is 3.79. The first kappa shape index (κ1) is 11.8. The van der Waals surface area contributed by atoms with Crippen LogP contribution in [-0.2, 0) is 10.0 Å². The highest BCUT2D eigenvalue weighted by molar-refractivity contribution is 7.89. The van der Waals surface area contributed by atoms with Crippen LogP contribution in [0.2, 0.25) is 0 Å². The minimum Gasteiger partial charge on any atom is -0.354 e. The first-order chi connectivity index (χ1) is 7.18. The Labute approximate surface area is 102 Å². The normalized spacial score (nSPS) is 25.5. The van der Waals surface area contributed by atoms with Gasteiger partial charge in [0, 0.05) is 6.54 Å². The molecule has 1 aromatic carbocycles. The van der Waals surface area contributed by atoms with Crippen molar-refractivity contribution in [2.24, 2.45) is 0 Å². The lowest BCUT2D eigenvalue weighted by Gasteiger charge is -2.33. The second-order valence-electron chi connectivity index (χ2n) is 3.94. The van der Waals surface area contributed by atoms with Gasteiger partial charge in [0.1, 0.15) is 4.90 Å². The molecule has 0 unspecified atom stereocenters. The molecule has 0 radical (unpaired) electrons. The molecule has 0 aliphatic carbocycles. The smallest absolute Gasteiger partial charge is 0.244 e. The van der Waals surface area contributed by atoms with E-state index >= 15 is 0 Å². The molecule has 2 heterocycles. The average molecular weight is 258 g/mol. The molecule has 1 aromatic rings. The van der Waals surface area contributed by atoms with Gasteiger partial charge in [-0.2, -0.15) is 18.2 Å². The molecule has 4 nitrogen and oxygen atoms in total. The summed E-state index contributed by atoms with van der Waals surface area (Å²) in [5, 5.41) is 0. The minimum atomic E-state index is -3.29. The van der Waals surface area contributed by atoms with Crippen LogP contribution in [0.3, 0.4) is 0 Å². The molecule has 0 amide bonds. The van der Waals surface area contributed by atoms with Crippen molar-refractivity contribution in [3.63, 3.8) is 0 Å². The second-order valence-corrected chi connectivity index (χ2v) is 5.62. The Balaban J connectivity index is 0.000000963. The molecule has 88 valence electrons. The highest BCUT2D eigenvalue weighted by Gasteiger charge is 2.37. The molecule has 6 heteroatoms. The van der Waals surface area contributed by atoms with Crippen LogP contribution in [0.25, 0.3) is 0 Å². The van der Waals surface area contributed by atoms with Gasteiger partial charge in [-0.05, 0) is 25.0 Å². The number of fused-ring (bicyclic) bond motifs is 3. The van der Waals surface area contributed by atoms with Crippen LogP contribution in [0.15, 0.2) is 29.2 Å². The summed E-state index contributed by atoms with van der Waals surface area (Å²) < 4.78 is 26.5. The number of nitrogens with one attached hydrogen (secondary N) is 1.